The van der Waals surface area contributed by atoms with Gasteiger partial charge in [0.1, 0.15) is 12.1 Å². The maximum atomic E-state index is 13.5. The van der Waals surface area contributed by atoms with Crippen molar-refractivity contribution in [1.82, 2.24) is 21.3 Å². The van der Waals surface area contributed by atoms with Gasteiger partial charge < -0.3 is 26.4 Å². The number of amides is 3. The van der Waals surface area contributed by atoms with Crippen molar-refractivity contribution in [3.05, 3.63) is 34.9 Å². The first kappa shape index (κ1) is 44.8. The van der Waals surface area contributed by atoms with Crippen LogP contribution in [0.2, 0.25) is 0 Å². The van der Waals surface area contributed by atoms with E-state index in [4.69, 9.17) is 0 Å². The molecule has 0 radical (unpaired) electrons. The van der Waals surface area contributed by atoms with Crippen LogP contribution in [0.15, 0.2) is 34.9 Å². The average Bonchev–Trinajstić information content (AvgIpc) is 2.98. The number of aliphatic carboxylic acids is 1. The Hall–Kier alpha value is -2.24. The van der Waals surface area contributed by atoms with Crippen LogP contribution in [-0.4, -0.2) is 83.0 Å². The van der Waals surface area contributed by atoms with Gasteiger partial charge in [-0.25, -0.2) is 4.79 Å². The second-order valence-electron chi connectivity index (χ2n) is 13.1. The molecule has 5 N–H and O–H groups in total. The number of carbonyl (C=O) groups is 4. The smallest absolute Gasteiger partial charge is 0.326 e. The first-order chi connectivity index (χ1) is 22.1. The molecule has 0 aromatic heterocycles. The van der Waals surface area contributed by atoms with E-state index in [9.17, 15) is 24.3 Å². The van der Waals surface area contributed by atoms with Crippen molar-refractivity contribution in [2.45, 2.75) is 125 Å². The highest BCUT2D eigenvalue weighted by Crippen LogP contribution is 2.14. The topological polar surface area (TPSA) is 137 Å². The molecule has 0 bridgehead atoms. The molecule has 0 saturated heterocycles. The van der Waals surface area contributed by atoms with Crippen LogP contribution in [0.4, 0.5) is 0 Å². The number of thioether (sulfide) groups is 2. The van der Waals surface area contributed by atoms with E-state index in [0.29, 0.717) is 30.9 Å². The lowest BCUT2D eigenvalue weighted by molar-refractivity contribution is -0.142. The van der Waals surface area contributed by atoms with Gasteiger partial charge >= 0.3 is 5.97 Å². The van der Waals surface area contributed by atoms with Gasteiger partial charge in [-0.2, -0.15) is 23.5 Å². The van der Waals surface area contributed by atoms with Gasteiger partial charge in [-0.15, -0.1) is 0 Å². The number of allylic oxidation sites excluding steroid dienone is 5. The molecule has 5 atom stereocenters. The van der Waals surface area contributed by atoms with Crippen molar-refractivity contribution in [2.24, 2.45) is 11.8 Å². The van der Waals surface area contributed by atoms with E-state index < -0.39 is 30.0 Å². The summed E-state index contributed by atoms with van der Waals surface area (Å²) in [6, 6.07) is -2.68. The first-order valence-electron chi connectivity index (χ1n) is 17.0. The molecule has 0 aromatic rings. The maximum Gasteiger partial charge on any atom is 0.326 e. The van der Waals surface area contributed by atoms with E-state index in [2.05, 4.69) is 67.2 Å². The Bertz CT molecular complexity index is 1060. The Balaban J connectivity index is 5.24. The fourth-order valence-corrected chi connectivity index (χ4v) is 6.28. The lowest BCUT2D eigenvalue weighted by Crippen LogP contribution is -2.59. The van der Waals surface area contributed by atoms with Crippen molar-refractivity contribution in [3.8, 4) is 0 Å². The summed E-state index contributed by atoms with van der Waals surface area (Å²) in [4.78, 5) is 50.4. The molecule has 0 rings (SSSR count). The van der Waals surface area contributed by atoms with Crippen molar-refractivity contribution < 1.29 is 24.3 Å². The minimum Gasteiger partial charge on any atom is -0.480 e. The molecule has 0 aliphatic heterocycles. The molecule has 9 nitrogen and oxygen atoms in total. The molecule has 0 heterocycles. The van der Waals surface area contributed by atoms with E-state index in [1.807, 2.05) is 34.0 Å². The van der Waals surface area contributed by atoms with Gasteiger partial charge in [0.2, 0.25) is 17.7 Å². The summed E-state index contributed by atoms with van der Waals surface area (Å²) in [5, 5.41) is 21.4. The van der Waals surface area contributed by atoms with Crippen LogP contribution in [0, 0.1) is 11.8 Å². The normalized spacial score (nSPS) is 15.3. The fraction of sp³-hybridized carbons (Fsp3) is 0.722. The Morgan fingerprint density at radius 3 is 1.94 bits per heavy atom. The summed E-state index contributed by atoms with van der Waals surface area (Å²) in [6.07, 6.45) is 13.9. The largest absolute Gasteiger partial charge is 0.480 e. The molecule has 0 spiro atoms. The zero-order valence-electron chi connectivity index (χ0n) is 30.7. The predicted octanol–water partition coefficient (Wildman–Crippen LogP) is 6.11. The third-order valence-corrected chi connectivity index (χ3v) is 9.63. The lowest BCUT2D eigenvalue weighted by Gasteiger charge is -2.30. The molecule has 1 unspecified atom stereocenters. The SMILES string of the molecule is CCC(C)[C@H](NC(=O)[C@@H](NC[C@H](CSC/C=C(\C)CC/C=C(\C)CCC=C(C)C)NC(C)=O)C(C)C)C(=O)N[C@@H](CCSC)C(=O)O. The van der Waals surface area contributed by atoms with Gasteiger partial charge in [0.05, 0.1) is 12.1 Å². The Morgan fingerprint density at radius 1 is 0.809 bits per heavy atom. The summed E-state index contributed by atoms with van der Waals surface area (Å²) < 4.78 is 0. The second-order valence-corrected chi connectivity index (χ2v) is 15.1. The number of nitrogens with one attached hydrogen (secondary N) is 4. The molecule has 0 saturated carbocycles. The van der Waals surface area contributed by atoms with Crippen LogP contribution >= 0.6 is 23.5 Å². The molecule has 0 aliphatic carbocycles. The minimum atomic E-state index is -1.09. The summed E-state index contributed by atoms with van der Waals surface area (Å²) >= 11 is 3.24. The average molecular weight is 697 g/mol. The second kappa shape index (κ2) is 25.7. The van der Waals surface area contributed by atoms with Crippen LogP contribution < -0.4 is 21.3 Å². The zero-order valence-corrected chi connectivity index (χ0v) is 32.3. The van der Waals surface area contributed by atoms with Crippen LogP contribution in [-0.2, 0) is 19.2 Å². The van der Waals surface area contributed by atoms with Crippen LogP contribution in [0.1, 0.15) is 101 Å². The number of carboxylic acids is 1. The van der Waals surface area contributed by atoms with E-state index in [1.165, 1.54) is 35.4 Å². The van der Waals surface area contributed by atoms with Gasteiger partial charge in [0.15, 0.2) is 0 Å². The van der Waals surface area contributed by atoms with E-state index in [-0.39, 0.29) is 29.7 Å². The molecular weight excluding hydrogens is 633 g/mol. The first-order valence-corrected chi connectivity index (χ1v) is 19.5. The third kappa shape index (κ3) is 21.4. The molecule has 270 valence electrons. The Labute approximate surface area is 293 Å². The summed E-state index contributed by atoms with van der Waals surface area (Å²) in [7, 11) is 0. The Kier molecular flexibility index (Phi) is 24.5. The summed E-state index contributed by atoms with van der Waals surface area (Å²) in [6.45, 7) is 18.1. The quantitative estimate of drug-likeness (QED) is 0.0570. The van der Waals surface area contributed by atoms with Crippen molar-refractivity contribution in [2.75, 3.05) is 30.1 Å². The summed E-state index contributed by atoms with van der Waals surface area (Å²) in [5.41, 5.74) is 4.13. The number of hydrogen-bond acceptors (Lipinski definition) is 7. The molecule has 0 fully saturated rings. The minimum absolute atomic E-state index is 0.0925. The van der Waals surface area contributed by atoms with Crippen LogP contribution in [0.3, 0.4) is 0 Å². The number of carbonyl (C=O) groups excluding carboxylic acids is 3. The van der Waals surface area contributed by atoms with E-state index >= 15 is 0 Å². The van der Waals surface area contributed by atoms with Crippen molar-refractivity contribution >= 4 is 47.2 Å². The van der Waals surface area contributed by atoms with Crippen molar-refractivity contribution in [1.29, 1.82) is 0 Å². The summed E-state index contributed by atoms with van der Waals surface area (Å²) in [5.74, 6) is -0.241. The van der Waals surface area contributed by atoms with Gasteiger partial charge in [-0.05, 0) is 83.6 Å². The molecule has 0 aromatic carbocycles. The number of hydrogen-bond donors (Lipinski definition) is 5. The van der Waals surface area contributed by atoms with Gasteiger partial charge in [0, 0.05) is 25.0 Å². The highest BCUT2D eigenvalue weighted by atomic mass is 32.2. The number of carboxylic acid groups (broad SMARTS) is 1. The van der Waals surface area contributed by atoms with Crippen LogP contribution in [0.5, 0.6) is 0 Å². The highest BCUT2D eigenvalue weighted by Gasteiger charge is 2.32. The molecule has 0 aliphatic rings. The maximum absolute atomic E-state index is 13.5. The molecule has 3 amide bonds. The monoisotopic (exact) mass is 696 g/mol. The fourth-order valence-electron chi connectivity index (χ4n) is 4.79. The van der Waals surface area contributed by atoms with E-state index in [1.54, 1.807) is 11.8 Å². The van der Waals surface area contributed by atoms with E-state index in [0.717, 1.165) is 31.4 Å². The van der Waals surface area contributed by atoms with Gasteiger partial charge in [-0.3, -0.25) is 14.4 Å². The third-order valence-electron chi connectivity index (χ3n) is 7.95. The molecule has 11 heteroatoms. The van der Waals surface area contributed by atoms with Crippen LogP contribution in [0.25, 0.3) is 0 Å². The highest BCUT2D eigenvalue weighted by molar-refractivity contribution is 7.99. The van der Waals surface area contributed by atoms with Gasteiger partial charge in [-0.1, -0.05) is 69.1 Å². The lowest BCUT2D eigenvalue weighted by atomic mass is 9.96. The predicted molar refractivity (Wildman–Crippen MR) is 201 cm³/mol. The standard InChI is InChI=1S/C36H64N4O5S2/c1-11-28(8)33(35(43)39-31(36(44)45)19-20-46-10)40-34(42)32(25(4)5)37-22-30(38-29(9)41)23-47-21-18-27(7)17-13-16-26(6)15-12-14-24(2)3/h14,16,18,25,28,30-33,37H,11-13,15,17,19-23H2,1-10H3,(H,38,41)(H,39,43)(H,40,42)(H,44,45)/b26-16+,27-18+/t28?,30-,31+,32+,33+/m1/s1. The number of rotatable bonds is 25. The van der Waals surface area contributed by atoms with Gasteiger partial charge in [0.25, 0.3) is 0 Å². The Morgan fingerprint density at radius 2 is 1.40 bits per heavy atom. The molecule has 47 heavy (non-hydrogen) atoms. The van der Waals surface area contributed by atoms with Crippen molar-refractivity contribution in [3.63, 3.8) is 0 Å². The molecular formula is C36H64N4O5S2. The zero-order chi connectivity index (χ0) is 35.9.